The third-order valence-corrected chi connectivity index (χ3v) is 5.18. The minimum atomic E-state index is -0.923. The molecule has 0 aliphatic rings. The van der Waals surface area contributed by atoms with Crippen LogP contribution in [0.15, 0.2) is 54.6 Å². The van der Waals surface area contributed by atoms with Gasteiger partial charge in [0.1, 0.15) is 5.75 Å². The zero-order valence-electron chi connectivity index (χ0n) is 20.0. The summed E-state index contributed by atoms with van der Waals surface area (Å²) in [5.74, 6) is 0.0908. The van der Waals surface area contributed by atoms with Gasteiger partial charge in [0.15, 0.2) is 6.61 Å². The molecule has 0 spiro atoms. The standard InChI is InChI=1S/C25H35N3O6/c1-4-5-15-28(27-20-11-13-21(32-2)14-12-20)17-23(29)22(16-19-9-7-6-8-10-19)26-25(31)34-18-24(30)33-3/h6-14,22-23,27,29H,4-5,15-18H2,1-3H3,(H,26,31). The van der Waals surface area contributed by atoms with Gasteiger partial charge in [0, 0.05) is 18.8 Å². The minimum Gasteiger partial charge on any atom is -0.497 e. The van der Waals surface area contributed by atoms with Gasteiger partial charge >= 0.3 is 12.1 Å². The Bertz CT molecular complexity index is 863. The van der Waals surface area contributed by atoms with Crippen molar-refractivity contribution in [3.05, 3.63) is 60.2 Å². The van der Waals surface area contributed by atoms with E-state index < -0.39 is 30.8 Å². The predicted octanol–water partition coefficient (Wildman–Crippen LogP) is 3.00. The number of hydrogen-bond acceptors (Lipinski definition) is 8. The lowest BCUT2D eigenvalue weighted by atomic mass is 10.0. The van der Waals surface area contributed by atoms with E-state index in [0.717, 1.165) is 29.8 Å². The summed E-state index contributed by atoms with van der Waals surface area (Å²) in [7, 11) is 2.83. The Balaban J connectivity index is 2.10. The summed E-state index contributed by atoms with van der Waals surface area (Å²) < 4.78 is 14.6. The number of anilines is 1. The molecule has 0 aromatic heterocycles. The second kappa shape index (κ2) is 14.8. The third-order valence-electron chi connectivity index (χ3n) is 5.18. The lowest BCUT2D eigenvalue weighted by Crippen LogP contribution is -2.51. The summed E-state index contributed by atoms with van der Waals surface area (Å²) in [5.41, 5.74) is 5.13. The normalized spacial score (nSPS) is 12.5. The summed E-state index contributed by atoms with van der Waals surface area (Å²) in [6.45, 7) is 2.54. The number of carbonyl (C=O) groups is 2. The van der Waals surface area contributed by atoms with Gasteiger partial charge < -0.3 is 30.1 Å². The van der Waals surface area contributed by atoms with Crippen molar-refractivity contribution in [2.75, 3.05) is 39.3 Å². The molecule has 2 aromatic carbocycles. The molecule has 0 saturated carbocycles. The molecule has 2 atom stereocenters. The molecule has 9 nitrogen and oxygen atoms in total. The van der Waals surface area contributed by atoms with E-state index in [2.05, 4.69) is 22.4 Å². The first-order valence-corrected chi connectivity index (χ1v) is 11.3. The van der Waals surface area contributed by atoms with E-state index in [1.165, 1.54) is 7.11 Å². The van der Waals surface area contributed by atoms with Crippen LogP contribution in [0.1, 0.15) is 25.3 Å². The maximum Gasteiger partial charge on any atom is 0.408 e. The van der Waals surface area contributed by atoms with Gasteiger partial charge in [-0.15, -0.1) is 0 Å². The summed E-state index contributed by atoms with van der Waals surface area (Å²) in [4.78, 5) is 23.6. The quantitative estimate of drug-likeness (QED) is 0.284. The highest BCUT2D eigenvalue weighted by molar-refractivity contribution is 5.75. The number of methoxy groups -OCH3 is 2. The van der Waals surface area contributed by atoms with Crippen molar-refractivity contribution in [3.63, 3.8) is 0 Å². The van der Waals surface area contributed by atoms with Crippen LogP contribution in [0.5, 0.6) is 5.75 Å². The van der Waals surface area contributed by atoms with Gasteiger partial charge in [-0.05, 0) is 42.7 Å². The first-order valence-electron chi connectivity index (χ1n) is 11.3. The van der Waals surface area contributed by atoms with Gasteiger partial charge in [-0.3, -0.25) is 0 Å². The van der Waals surface area contributed by atoms with E-state index in [4.69, 9.17) is 9.47 Å². The van der Waals surface area contributed by atoms with E-state index in [1.807, 2.05) is 59.6 Å². The summed E-state index contributed by atoms with van der Waals surface area (Å²) >= 11 is 0. The SMILES string of the molecule is CCCCN(CC(O)C(Cc1ccccc1)NC(=O)OCC(=O)OC)Nc1ccc(OC)cc1. The van der Waals surface area contributed by atoms with Crippen LogP contribution in [0.3, 0.4) is 0 Å². The van der Waals surface area contributed by atoms with E-state index >= 15 is 0 Å². The minimum absolute atomic E-state index is 0.251. The molecular weight excluding hydrogens is 438 g/mol. The maximum absolute atomic E-state index is 12.3. The number of rotatable bonds is 14. The fourth-order valence-electron chi connectivity index (χ4n) is 3.27. The average molecular weight is 474 g/mol. The number of nitrogens with zero attached hydrogens (tertiary/aromatic N) is 1. The smallest absolute Gasteiger partial charge is 0.408 e. The van der Waals surface area contributed by atoms with E-state index in [9.17, 15) is 14.7 Å². The van der Waals surface area contributed by atoms with Crippen molar-refractivity contribution < 1.29 is 28.9 Å². The topological polar surface area (TPSA) is 109 Å². The van der Waals surface area contributed by atoms with Crippen LogP contribution in [0.4, 0.5) is 10.5 Å². The second-order valence-electron chi connectivity index (χ2n) is 7.80. The molecule has 0 saturated heterocycles. The van der Waals surface area contributed by atoms with Gasteiger partial charge in [0.25, 0.3) is 0 Å². The number of nitrogens with one attached hydrogen (secondary N) is 2. The molecule has 0 radical (unpaired) electrons. The number of carbonyl (C=O) groups excluding carboxylic acids is 2. The average Bonchev–Trinajstić information content (AvgIpc) is 2.86. The Labute approximate surface area is 201 Å². The van der Waals surface area contributed by atoms with Crippen LogP contribution >= 0.6 is 0 Å². The van der Waals surface area contributed by atoms with Crippen molar-refractivity contribution >= 4 is 17.7 Å². The molecule has 2 unspecified atom stereocenters. The Morgan fingerprint density at radius 1 is 1.06 bits per heavy atom. The molecule has 2 aromatic rings. The Kier molecular flexibility index (Phi) is 11.7. The number of esters is 1. The van der Waals surface area contributed by atoms with Crippen LogP contribution < -0.4 is 15.5 Å². The molecule has 0 fully saturated rings. The third kappa shape index (κ3) is 9.68. The fourth-order valence-corrected chi connectivity index (χ4v) is 3.27. The number of hydrazine groups is 1. The van der Waals surface area contributed by atoms with Crippen molar-refractivity contribution in [3.8, 4) is 5.75 Å². The molecule has 0 bridgehead atoms. The zero-order valence-corrected chi connectivity index (χ0v) is 20.0. The van der Waals surface area contributed by atoms with Gasteiger partial charge in [-0.1, -0.05) is 43.7 Å². The lowest BCUT2D eigenvalue weighted by molar-refractivity contribution is -0.143. The van der Waals surface area contributed by atoms with E-state index in [1.54, 1.807) is 7.11 Å². The number of benzene rings is 2. The van der Waals surface area contributed by atoms with Gasteiger partial charge in [-0.2, -0.15) is 0 Å². The van der Waals surface area contributed by atoms with Crippen molar-refractivity contribution in [1.82, 2.24) is 10.3 Å². The molecule has 186 valence electrons. The van der Waals surface area contributed by atoms with Gasteiger partial charge in [0.05, 0.1) is 26.4 Å². The highest BCUT2D eigenvalue weighted by Crippen LogP contribution is 2.17. The molecular formula is C25H35N3O6. The number of aliphatic hydroxyl groups excluding tert-OH is 1. The van der Waals surface area contributed by atoms with Crippen LogP contribution in [0.25, 0.3) is 0 Å². The van der Waals surface area contributed by atoms with Crippen LogP contribution in [0, 0.1) is 0 Å². The molecule has 0 aliphatic carbocycles. The van der Waals surface area contributed by atoms with E-state index in [0.29, 0.717) is 13.0 Å². The number of amides is 1. The Hall–Kier alpha value is -3.30. The number of hydrogen-bond donors (Lipinski definition) is 3. The molecule has 1 amide bonds. The predicted molar refractivity (Wildman–Crippen MR) is 130 cm³/mol. The fraction of sp³-hybridized carbons (Fsp3) is 0.440. The van der Waals surface area contributed by atoms with Gasteiger partial charge in [-0.25, -0.2) is 14.6 Å². The van der Waals surface area contributed by atoms with Crippen molar-refractivity contribution in [1.29, 1.82) is 0 Å². The first-order chi connectivity index (χ1) is 16.4. The molecule has 2 rings (SSSR count). The molecule has 9 heteroatoms. The Morgan fingerprint density at radius 2 is 1.76 bits per heavy atom. The maximum atomic E-state index is 12.3. The first kappa shape index (κ1) is 26.9. The number of ether oxygens (including phenoxy) is 3. The van der Waals surface area contributed by atoms with Crippen LogP contribution in [-0.2, 0) is 20.7 Å². The van der Waals surface area contributed by atoms with Crippen molar-refractivity contribution in [2.45, 2.75) is 38.3 Å². The van der Waals surface area contributed by atoms with E-state index in [-0.39, 0.29) is 6.54 Å². The second-order valence-corrected chi connectivity index (χ2v) is 7.80. The number of unbranched alkanes of at least 4 members (excludes halogenated alkanes) is 1. The summed E-state index contributed by atoms with van der Waals surface area (Å²) in [6.07, 6.45) is 0.581. The van der Waals surface area contributed by atoms with Gasteiger partial charge in [0.2, 0.25) is 0 Å². The monoisotopic (exact) mass is 473 g/mol. The highest BCUT2D eigenvalue weighted by atomic mass is 16.6. The van der Waals surface area contributed by atoms with Crippen LogP contribution in [-0.4, -0.2) is 68.2 Å². The molecule has 0 aliphatic heterocycles. The molecule has 3 N–H and O–H groups in total. The molecule has 0 heterocycles. The zero-order chi connectivity index (χ0) is 24.8. The van der Waals surface area contributed by atoms with Crippen LogP contribution in [0.2, 0.25) is 0 Å². The summed E-state index contributed by atoms with van der Waals surface area (Å²) in [6, 6.07) is 16.4. The Morgan fingerprint density at radius 3 is 2.38 bits per heavy atom. The largest absolute Gasteiger partial charge is 0.497 e. The number of aliphatic hydroxyl groups is 1. The van der Waals surface area contributed by atoms with Crippen molar-refractivity contribution in [2.24, 2.45) is 0 Å². The highest BCUT2D eigenvalue weighted by Gasteiger charge is 2.25. The molecule has 34 heavy (non-hydrogen) atoms. The lowest BCUT2D eigenvalue weighted by Gasteiger charge is -2.31. The number of alkyl carbamates (subject to hydrolysis) is 1. The summed E-state index contributed by atoms with van der Waals surface area (Å²) in [5, 5.41) is 15.7.